The third-order valence-corrected chi connectivity index (χ3v) is 6.10. The van der Waals surface area contributed by atoms with E-state index in [0.717, 1.165) is 17.4 Å². The summed E-state index contributed by atoms with van der Waals surface area (Å²) in [6.07, 6.45) is 0.531. The predicted octanol–water partition coefficient (Wildman–Crippen LogP) is 1.91. The van der Waals surface area contributed by atoms with Crippen LogP contribution in [0.4, 0.5) is 0 Å². The van der Waals surface area contributed by atoms with E-state index in [0.29, 0.717) is 13.0 Å². The highest BCUT2D eigenvalue weighted by molar-refractivity contribution is 9.11. The Morgan fingerprint density at radius 1 is 1.63 bits per heavy atom. The van der Waals surface area contributed by atoms with Gasteiger partial charge in [0.05, 0.1) is 3.79 Å². The minimum absolute atomic E-state index is 0.0307. The van der Waals surface area contributed by atoms with Gasteiger partial charge in [-0.05, 0) is 35.3 Å². The number of sulfonamides is 1. The van der Waals surface area contributed by atoms with Crippen LogP contribution in [0, 0.1) is 0 Å². The highest BCUT2D eigenvalue weighted by atomic mass is 79.9. The van der Waals surface area contributed by atoms with E-state index in [1.807, 2.05) is 0 Å². The van der Waals surface area contributed by atoms with Crippen molar-refractivity contribution < 1.29 is 23.1 Å². The maximum Gasteiger partial charge on any atom is 0.345 e. The molecule has 0 spiro atoms. The molecule has 0 aromatic carbocycles. The number of hydrogen-bond donors (Lipinski definition) is 2. The molecule has 1 atom stereocenters. The van der Waals surface area contributed by atoms with Crippen molar-refractivity contribution in [3.8, 4) is 0 Å². The Morgan fingerprint density at radius 3 is 2.74 bits per heavy atom. The smallest absolute Gasteiger partial charge is 0.345 e. The first-order chi connectivity index (χ1) is 8.77. The molecule has 0 saturated heterocycles. The molecule has 0 radical (unpaired) electrons. The fourth-order valence-electron chi connectivity index (χ4n) is 1.32. The second-order valence-electron chi connectivity index (χ2n) is 3.86. The molecule has 0 aliphatic carbocycles. The van der Waals surface area contributed by atoms with Crippen LogP contribution in [0.15, 0.2) is 14.7 Å². The van der Waals surface area contributed by atoms with Crippen molar-refractivity contribution in [2.75, 3.05) is 13.7 Å². The topological polar surface area (TPSA) is 92.7 Å². The summed E-state index contributed by atoms with van der Waals surface area (Å²) in [6, 6.07) is 0.840. The predicted molar refractivity (Wildman–Crippen MR) is 75.3 cm³/mol. The molecule has 0 fully saturated rings. The van der Waals surface area contributed by atoms with Gasteiger partial charge in [-0.25, -0.2) is 17.9 Å². The van der Waals surface area contributed by atoms with Crippen LogP contribution >= 0.6 is 27.3 Å². The van der Waals surface area contributed by atoms with Gasteiger partial charge in [0.25, 0.3) is 0 Å². The number of carboxylic acid groups (broad SMARTS) is 1. The average molecular weight is 372 g/mol. The molecule has 1 rings (SSSR count). The summed E-state index contributed by atoms with van der Waals surface area (Å²) in [4.78, 5) is 10.7. The van der Waals surface area contributed by atoms with Gasteiger partial charge >= 0.3 is 5.97 Å². The van der Waals surface area contributed by atoms with Crippen molar-refractivity contribution in [3.05, 3.63) is 14.7 Å². The van der Waals surface area contributed by atoms with Gasteiger partial charge < -0.3 is 9.84 Å². The lowest BCUT2D eigenvalue weighted by Crippen LogP contribution is -2.33. The number of hydrogen-bond acceptors (Lipinski definition) is 5. The zero-order chi connectivity index (χ0) is 14.6. The number of carboxylic acids is 1. The summed E-state index contributed by atoms with van der Waals surface area (Å²) < 4.78 is 31.8. The molecule has 0 bridgehead atoms. The Bertz CT molecular complexity index is 554. The molecule has 19 heavy (non-hydrogen) atoms. The van der Waals surface area contributed by atoms with E-state index in [1.165, 1.54) is 7.11 Å². The van der Waals surface area contributed by atoms with E-state index in [2.05, 4.69) is 20.7 Å². The summed E-state index contributed by atoms with van der Waals surface area (Å²) in [5.74, 6) is -1.15. The summed E-state index contributed by atoms with van der Waals surface area (Å²) in [6.45, 7) is 2.16. The van der Waals surface area contributed by atoms with Gasteiger partial charge in [0.1, 0.15) is 9.77 Å². The molecular formula is C10H14BrNO5S2. The number of nitrogens with one attached hydrogen (secondary N) is 1. The molecule has 2 N–H and O–H groups in total. The molecule has 9 heteroatoms. The van der Waals surface area contributed by atoms with Crippen molar-refractivity contribution >= 4 is 43.3 Å². The van der Waals surface area contributed by atoms with Crippen molar-refractivity contribution in [2.24, 2.45) is 0 Å². The van der Waals surface area contributed by atoms with Crippen LogP contribution in [0.25, 0.3) is 0 Å². The van der Waals surface area contributed by atoms with Gasteiger partial charge in [-0.1, -0.05) is 0 Å². The summed E-state index contributed by atoms with van der Waals surface area (Å²) in [5.41, 5.74) is 0. The molecule has 6 nitrogen and oxygen atoms in total. The standard InChI is InChI=1S/C10H14BrNO5S2/c1-6(3-4-17-2)12-19(15,16)8-5-7(10(13)14)18-9(8)11/h5-6,12H,3-4H2,1-2H3,(H,13,14). The van der Waals surface area contributed by atoms with Gasteiger partial charge in [0.15, 0.2) is 0 Å². The quantitative estimate of drug-likeness (QED) is 0.763. The monoisotopic (exact) mass is 371 g/mol. The lowest BCUT2D eigenvalue weighted by atomic mass is 10.3. The zero-order valence-electron chi connectivity index (χ0n) is 10.3. The highest BCUT2D eigenvalue weighted by Crippen LogP contribution is 2.31. The molecule has 1 unspecified atom stereocenters. The second-order valence-corrected chi connectivity index (χ2v) is 7.91. The van der Waals surface area contributed by atoms with Crippen molar-refractivity contribution in [1.29, 1.82) is 0 Å². The van der Waals surface area contributed by atoms with Crippen LogP contribution < -0.4 is 4.72 Å². The number of methoxy groups -OCH3 is 1. The maximum absolute atomic E-state index is 12.1. The summed E-state index contributed by atoms with van der Waals surface area (Å²) >= 11 is 3.94. The van der Waals surface area contributed by atoms with Gasteiger partial charge in [0, 0.05) is 19.8 Å². The largest absolute Gasteiger partial charge is 0.477 e. The Labute approximate surface area is 124 Å². The van der Waals surface area contributed by atoms with Gasteiger partial charge in [0.2, 0.25) is 10.0 Å². The number of thiophene rings is 1. The normalized spacial score (nSPS) is 13.4. The fraction of sp³-hybridized carbons (Fsp3) is 0.500. The van der Waals surface area contributed by atoms with E-state index >= 15 is 0 Å². The molecule has 1 aromatic rings. The van der Waals surface area contributed by atoms with Gasteiger partial charge in [-0.15, -0.1) is 11.3 Å². The molecule has 1 heterocycles. The van der Waals surface area contributed by atoms with E-state index in [-0.39, 0.29) is 19.6 Å². The number of halogens is 1. The Hall–Kier alpha value is -0.480. The molecule has 0 saturated carbocycles. The van der Waals surface area contributed by atoms with Gasteiger partial charge in [-0.2, -0.15) is 0 Å². The van der Waals surface area contributed by atoms with Crippen molar-refractivity contribution in [1.82, 2.24) is 4.72 Å². The first kappa shape index (κ1) is 16.6. The second kappa shape index (κ2) is 6.80. The first-order valence-electron chi connectivity index (χ1n) is 5.32. The average Bonchev–Trinajstić information content (AvgIpc) is 2.69. The van der Waals surface area contributed by atoms with Crippen LogP contribution in [0.3, 0.4) is 0 Å². The highest BCUT2D eigenvalue weighted by Gasteiger charge is 2.24. The third-order valence-electron chi connectivity index (χ3n) is 2.27. The zero-order valence-corrected chi connectivity index (χ0v) is 13.6. The van der Waals surface area contributed by atoms with Crippen LogP contribution in [0.5, 0.6) is 0 Å². The minimum atomic E-state index is -3.74. The molecule has 108 valence electrons. The lowest BCUT2D eigenvalue weighted by Gasteiger charge is -2.13. The van der Waals surface area contributed by atoms with Crippen LogP contribution in [0.1, 0.15) is 23.0 Å². The molecule has 0 amide bonds. The van der Waals surface area contributed by atoms with Gasteiger partial charge in [-0.3, -0.25) is 0 Å². The number of carbonyl (C=O) groups is 1. The van der Waals surface area contributed by atoms with Crippen molar-refractivity contribution in [3.63, 3.8) is 0 Å². The summed E-state index contributed by atoms with van der Waals surface area (Å²) in [7, 11) is -2.20. The number of rotatable bonds is 7. The van der Waals surface area contributed by atoms with E-state index < -0.39 is 16.0 Å². The van der Waals surface area contributed by atoms with E-state index in [4.69, 9.17) is 9.84 Å². The Balaban J connectivity index is 2.91. The number of ether oxygens (including phenoxy) is 1. The summed E-state index contributed by atoms with van der Waals surface area (Å²) in [5, 5.41) is 8.84. The minimum Gasteiger partial charge on any atom is -0.477 e. The maximum atomic E-state index is 12.1. The molecule has 0 aliphatic heterocycles. The van der Waals surface area contributed by atoms with E-state index in [9.17, 15) is 13.2 Å². The van der Waals surface area contributed by atoms with Crippen LogP contribution in [0.2, 0.25) is 0 Å². The SMILES string of the molecule is COCCC(C)NS(=O)(=O)c1cc(C(=O)O)sc1Br. The third kappa shape index (κ3) is 4.53. The number of aromatic carboxylic acids is 1. The Kier molecular flexibility index (Phi) is 5.93. The van der Waals surface area contributed by atoms with Crippen LogP contribution in [-0.4, -0.2) is 39.3 Å². The Morgan fingerprint density at radius 2 is 2.26 bits per heavy atom. The molecule has 1 aromatic heterocycles. The van der Waals surface area contributed by atoms with E-state index in [1.54, 1.807) is 6.92 Å². The fourth-order valence-corrected chi connectivity index (χ4v) is 5.00. The van der Waals surface area contributed by atoms with Crippen molar-refractivity contribution in [2.45, 2.75) is 24.3 Å². The molecule has 0 aliphatic rings. The lowest BCUT2D eigenvalue weighted by molar-refractivity contribution is 0.0702. The van der Waals surface area contributed by atoms with Crippen LogP contribution in [-0.2, 0) is 14.8 Å². The molecular weight excluding hydrogens is 358 g/mol. The first-order valence-corrected chi connectivity index (χ1v) is 8.41.